The molecule has 3 heterocycles. The Morgan fingerprint density at radius 1 is 1.07 bits per heavy atom. The molecule has 6 nitrogen and oxygen atoms in total. The molecule has 0 radical (unpaired) electrons. The Hall–Kier alpha value is -3.02. The highest BCUT2D eigenvalue weighted by atomic mass is 16.4. The number of aryl methyl sites for hydroxylation is 1. The van der Waals surface area contributed by atoms with E-state index in [4.69, 9.17) is 4.42 Å². The molecule has 0 N–H and O–H groups in total. The lowest BCUT2D eigenvalue weighted by Crippen LogP contribution is -2.35. The first kappa shape index (κ1) is 17.4. The van der Waals surface area contributed by atoms with E-state index in [0.29, 0.717) is 18.8 Å². The zero-order chi connectivity index (χ0) is 18.6. The van der Waals surface area contributed by atoms with Gasteiger partial charge < -0.3 is 14.2 Å². The van der Waals surface area contributed by atoms with Crippen molar-refractivity contribution in [1.82, 2.24) is 14.7 Å². The first-order valence-corrected chi connectivity index (χ1v) is 9.37. The molecule has 0 unspecified atom stereocenters. The standard InChI is InChI=1S/C21H24N4O2/c1-17-6-2-3-7-19(17)23-11-5-12-24(15-14-23)21(26)20-9-8-18(27-20)16-25-13-4-10-22-25/h2-4,6-10,13H,5,11-12,14-16H2,1H3. The van der Waals surface area contributed by atoms with Crippen LogP contribution < -0.4 is 4.90 Å². The third kappa shape index (κ3) is 3.89. The van der Waals surface area contributed by atoms with Gasteiger partial charge >= 0.3 is 0 Å². The average molecular weight is 364 g/mol. The lowest BCUT2D eigenvalue weighted by molar-refractivity contribution is 0.0733. The van der Waals surface area contributed by atoms with Crippen LogP contribution >= 0.6 is 0 Å². The van der Waals surface area contributed by atoms with Crippen molar-refractivity contribution in [2.24, 2.45) is 0 Å². The van der Waals surface area contributed by atoms with Gasteiger partial charge in [-0.3, -0.25) is 9.48 Å². The summed E-state index contributed by atoms with van der Waals surface area (Å²) in [5.41, 5.74) is 2.53. The third-order valence-electron chi connectivity index (χ3n) is 4.99. The Morgan fingerprint density at radius 2 is 1.96 bits per heavy atom. The second-order valence-electron chi connectivity index (χ2n) is 6.89. The summed E-state index contributed by atoms with van der Waals surface area (Å²) < 4.78 is 7.55. The number of furan rings is 1. The number of aromatic nitrogens is 2. The largest absolute Gasteiger partial charge is 0.454 e. The van der Waals surface area contributed by atoms with Gasteiger partial charge in [0.05, 0.1) is 6.54 Å². The maximum absolute atomic E-state index is 12.9. The lowest BCUT2D eigenvalue weighted by atomic mass is 10.2. The Morgan fingerprint density at radius 3 is 2.78 bits per heavy atom. The number of hydrogen-bond donors (Lipinski definition) is 0. The van der Waals surface area contributed by atoms with Crippen LogP contribution in [0.1, 0.15) is 28.3 Å². The maximum atomic E-state index is 12.9. The fourth-order valence-electron chi connectivity index (χ4n) is 3.57. The zero-order valence-electron chi connectivity index (χ0n) is 15.5. The molecule has 0 bridgehead atoms. The van der Waals surface area contributed by atoms with Gasteiger partial charge in [0.1, 0.15) is 5.76 Å². The molecule has 1 saturated heterocycles. The van der Waals surface area contributed by atoms with Crippen LogP contribution in [0.3, 0.4) is 0 Å². The van der Waals surface area contributed by atoms with Crippen LogP contribution in [0, 0.1) is 6.92 Å². The average Bonchev–Trinajstić information content (AvgIpc) is 3.29. The minimum Gasteiger partial charge on any atom is -0.454 e. The second kappa shape index (κ2) is 7.70. The second-order valence-corrected chi connectivity index (χ2v) is 6.89. The first-order valence-electron chi connectivity index (χ1n) is 9.37. The van der Waals surface area contributed by atoms with Gasteiger partial charge in [0, 0.05) is 44.3 Å². The van der Waals surface area contributed by atoms with Crippen LogP contribution in [0.5, 0.6) is 0 Å². The van der Waals surface area contributed by atoms with Crippen LogP contribution in [-0.2, 0) is 6.54 Å². The number of carbonyl (C=O) groups is 1. The number of rotatable bonds is 4. The van der Waals surface area contributed by atoms with Crippen molar-refractivity contribution in [3.63, 3.8) is 0 Å². The molecule has 0 spiro atoms. The number of nitrogens with zero attached hydrogens (tertiary/aromatic N) is 4. The molecule has 1 aliphatic rings. The van der Waals surface area contributed by atoms with E-state index in [9.17, 15) is 4.79 Å². The SMILES string of the molecule is Cc1ccccc1N1CCCN(C(=O)c2ccc(Cn3cccn3)o2)CC1. The topological polar surface area (TPSA) is 54.5 Å². The fourth-order valence-corrected chi connectivity index (χ4v) is 3.57. The molecule has 27 heavy (non-hydrogen) atoms. The summed E-state index contributed by atoms with van der Waals surface area (Å²) in [5, 5.41) is 4.17. The van der Waals surface area contributed by atoms with Gasteiger partial charge in [-0.05, 0) is 43.2 Å². The Labute approximate surface area is 159 Å². The zero-order valence-corrected chi connectivity index (χ0v) is 15.5. The van der Waals surface area contributed by atoms with Crippen molar-refractivity contribution < 1.29 is 9.21 Å². The number of amides is 1. The summed E-state index contributed by atoms with van der Waals surface area (Å²) in [6.45, 7) is 5.89. The van der Waals surface area contributed by atoms with Crippen LogP contribution in [0.15, 0.2) is 59.3 Å². The van der Waals surface area contributed by atoms with E-state index >= 15 is 0 Å². The molecule has 1 aromatic carbocycles. The van der Waals surface area contributed by atoms with Gasteiger partial charge in [-0.1, -0.05) is 18.2 Å². The van der Waals surface area contributed by atoms with E-state index in [-0.39, 0.29) is 5.91 Å². The highest BCUT2D eigenvalue weighted by Crippen LogP contribution is 2.21. The molecule has 0 aliphatic carbocycles. The molecule has 3 aromatic rings. The van der Waals surface area contributed by atoms with Crippen molar-refractivity contribution in [1.29, 1.82) is 0 Å². The van der Waals surface area contributed by atoms with Crippen molar-refractivity contribution in [2.45, 2.75) is 19.9 Å². The van der Waals surface area contributed by atoms with Gasteiger partial charge in [-0.25, -0.2) is 0 Å². The van der Waals surface area contributed by atoms with Gasteiger partial charge in [0.2, 0.25) is 0 Å². The monoisotopic (exact) mass is 364 g/mol. The molecule has 1 amide bonds. The number of hydrogen-bond acceptors (Lipinski definition) is 4. The van der Waals surface area contributed by atoms with E-state index in [1.165, 1.54) is 11.3 Å². The van der Waals surface area contributed by atoms with E-state index < -0.39 is 0 Å². The van der Waals surface area contributed by atoms with Gasteiger partial charge in [-0.15, -0.1) is 0 Å². The molecule has 6 heteroatoms. The van der Waals surface area contributed by atoms with Gasteiger partial charge in [0.15, 0.2) is 5.76 Å². The third-order valence-corrected chi connectivity index (χ3v) is 4.99. The van der Waals surface area contributed by atoms with E-state index in [1.54, 1.807) is 16.9 Å². The summed E-state index contributed by atoms with van der Waals surface area (Å²) in [6, 6.07) is 13.9. The van der Waals surface area contributed by atoms with Crippen molar-refractivity contribution in [3.05, 3.63) is 71.9 Å². The number of benzene rings is 1. The summed E-state index contributed by atoms with van der Waals surface area (Å²) in [7, 11) is 0. The quantitative estimate of drug-likeness (QED) is 0.713. The number of para-hydroxylation sites is 1. The molecule has 140 valence electrons. The Bertz CT molecular complexity index is 901. The van der Waals surface area contributed by atoms with Crippen LogP contribution in [0.2, 0.25) is 0 Å². The van der Waals surface area contributed by atoms with E-state index in [0.717, 1.165) is 31.8 Å². The molecule has 4 rings (SSSR count). The van der Waals surface area contributed by atoms with Gasteiger partial charge in [-0.2, -0.15) is 5.10 Å². The molecular weight excluding hydrogens is 340 g/mol. The first-order chi connectivity index (χ1) is 13.2. The summed E-state index contributed by atoms with van der Waals surface area (Å²) >= 11 is 0. The molecule has 2 aromatic heterocycles. The molecular formula is C21H24N4O2. The van der Waals surface area contributed by atoms with E-state index in [1.807, 2.05) is 23.2 Å². The summed E-state index contributed by atoms with van der Waals surface area (Å²) in [5.74, 6) is 1.10. The molecule has 0 saturated carbocycles. The van der Waals surface area contributed by atoms with Crippen molar-refractivity contribution in [3.8, 4) is 0 Å². The predicted molar refractivity (Wildman–Crippen MR) is 104 cm³/mol. The lowest BCUT2D eigenvalue weighted by Gasteiger charge is -2.25. The predicted octanol–water partition coefficient (Wildman–Crippen LogP) is 3.19. The highest BCUT2D eigenvalue weighted by molar-refractivity contribution is 5.91. The molecule has 1 aliphatic heterocycles. The van der Waals surface area contributed by atoms with Crippen LogP contribution in [-0.4, -0.2) is 46.8 Å². The fraction of sp³-hybridized carbons (Fsp3) is 0.333. The van der Waals surface area contributed by atoms with Crippen molar-refractivity contribution >= 4 is 11.6 Å². The molecule has 0 atom stereocenters. The van der Waals surface area contributed by atoms with Gasteiger partial charge in [0.25, 0.3) is 5.91 Å². The highest BCUT2D eigenvalue weighted by Gasteiger charge is 2.23. The van der Waals surface area contributed by atoms with Crippen molar-refractivity contribution in [2.75, 3.05) is 31.1 Å². The summed E-state index contributed by atoms with van der Waals surface area (Å²) in [4.78, 5) is 17.1. The maximum Gasteiger partial charge on any atom is 0.289 e. The Kier molecular flexibility index (Phi) is 4.96. The minimum atomic E-state index is -0.0339. The summed E-state index contributed by atoms with van der Waals surface area (Å²) in [6.07, 6.45) is 4.55. The normalized spacial score (nSPS) is 15.0. The van der Waals surface area contributed by atoms with E-state index in [2.05, 4.69) is 41.2 Å². The Balaban J connectivity index is 1.41. The minimum absolute atomic E-state index is 0.0339. The smallest absolute Gasteiger partial charge is 0.289 e. The van der Waals surface area contributed by atoms with Crippen LogP contribution in [0.4, 0.5) is 5.69 Å². The van der Waals surface area contributed by atoms with Crippen LogP contribution in [0.25, 0.3) is 0 Å². The number of anilines is 1. The number of carbonyl (C=O) groups excluding carboxylic acids is 1. The molecule has 1 fully saturated rings.